The molecule has 1 amide bonds. The number of nitrogens with one attached hydrogen (secondary N) is 1. The van der Waals surface area contributed by atoms with Crippen LogP contribution in [-0.2, 0) is 4.74 Å². The smallest absolute Gasteiger partial charge is 0.251 e. The zero-order chi connectivity index (χ0) is 15.1. The van der Waals surface area contributed by atoms with Gasteiger partial charge in [-0.3, -0.25) is 9.69 Å². The molecule has 3 aliphatic rings. The molecule has 5 heteroatoms. The summed E-state index contributed by atoms with van der Waals surface area (Å²) in [5.74, 6) is 0.183. The fourth-order valence-corrected chi connectivity index (χ4v) is 3.66. The summed E-state index contributed by atoms with van der Waals surface area (Å²) in [6, 6.07) is 6.38. The van der Waals surface area contributed by atoms with Gasteiger partial charge in [0.25, 0.3) is 5.91 Å². The first kappa shape index (κ1) is 14.2. The molecule has 2 aliphatic heterocycles. The number of hydrogen-bond donors (Lipinski definition) is 1. The number of benzene rings is 1. The monoisotopic (exact) mass is 304 g/mol. The lowest BCUT2D eigenvalue weighted by Crippen LogP contribution is -2.47. The Hall–Kier alpha value is -1.46. The second-order valence-electron chi connectivity index (χ2n) is 6.73. The third-order valence-corrected chi connectivity index (χ3v) is 5.01. The summed E-state index contributed by atoms with van der Waals surface area (Å²) in [5.41, 5.74) is 0.386. The lowest BCUT2D eigenvalue weighted by atomic mass is 10.1. The number of halogens is 1. The van der Waals surface area contributed by atoms with Crippen molar-refractivity contribution in [3.05, 3.63) is 35.6 Å². The van der Waals surface area contributed by atoms with Crippen molar-refractivity contribution in [2.45, 2.75) is 37.5 Å². The van der Waals surface area contributed by atoms with E-state index in [0.717, 1.165) is 32.0 Å². The summed E-state index contributed by atoms with van der Waals surface area (Å²) in [6.07, 6.45) is 3.89. The van der Waals surface area contributed by atoms with Crippen LogP contribution in [0.4, 0.5) is 4.39 Å². The Labute approximate surface area is 129 Å². The number of hydrogen-bond acceptors (Lipinski definition) is 3. The number of carbonyl (C=O) groups excluding carboxylic acids is 1. The van der Waals surface area contributed by atoms with Crippen LogP contribution in [0, 0.1) is 11.7 Å². The van der Waals surface area contributed by atoms with E-state index in [1.165, 1.54) is 25.0 Å². The molecule has 2 saturated heterocycles. The van der Waals surface area contributed by atoms with Crippen LogP contribution in [0.1, 0.15) is 29.6 Å². The number of amides is 1. The van der Waals surface area contributed by atoms with Crippen LogP contribution in [0.15, 0.2) is 24.3 Å². The van der Waals surface area contributed by atoms with Gasteiger partial charge in [-0.15, -0.1) is 0 Å². The molecule has 3 atom stereocenters. The Morgan fingerprint density at radius 3 is 2.95 bits per heavy atom. The van der Waals surface area contributed by atoms with E-state index >= 15 is 0 Å². The third-order valence-electron chi connectivity index (χ3n) is 5.01. The number of morpholine rings is 1. The van der Waals surface area contributed by atoms with E-state index in [1.54, 1.807) is 12.1 Å². The summed E-state index contributed by atoms with van der Waals surface area (Å²) < 4.78 is 19.2. The van der Waals surface area contributed by atoms with Gasteiger partial charge >= 0.3 is 0 Å². The van der Waals surface area contributed by atoms with Crippen LogP contribution < -0.4 is 5.32 Å². The first-order chi connectivity index (χ1) is 10.7. The van der Waals surface area contributed by atoms with E-state index in [2.05, 4.69) is 10.2 Å². The zero-order valence-corrected chi connectivity index (χ0v) is 12.5. The third kappa shape index (κ3) is 2.88. The van der Waals surface area contributed by atoms with E-state index in [4.69, 9.17) is 4.74 Å². The van der Waals surface area contributed by atoms with Crippen molar-refractivity contribution >= 4 is 5.91 Å². The quantitative estimate of drug-likeness (QED) is 0.926. The molecule has 4 rings (SSSR count). The molecule has 0 radical (unpaired) electrons. The predicted octanol–water partition coefficient (Wildman–Crippen LogP) is 1.81. The van der Waals surface area contributed by atoms with Gasteiger partial charge in [0.1, 0.15) is 5.82 Å². The number of ether oxygens (including phenoxy) is 1. The molecular weight excluding hydrogens is 283 g/mol. The first-order valence-electron chi connectivity index (χ1n) is 8.11. The average molecular weight is 304 g/mol. The van der Waals surface area contributed by atoms with E-state index in [0.29, 0.717) is 17.7 Å². The molecular formula is C17H21FN2O2. The second kappa shape index (κ2) is 5.63. The highest BCUT2D eigenvalue weighted by Crippen LogP contribution is 2.37. The summed E-state index contributed by atoms with van der Waals surface area (Å²) in [6.45, 7) is 2.63. The van der Waals surface area contributed by atoms with Gasteiger partial charge in [-0.05, 0) is 43.4 Å². The molecule has 1 aliphatic carbocycles. The molecule has 2 heterocycles. The SMILES string of the molecule is O=C(N[C@@H]1C[C@H]2CO[C@@H](C3CC3)CN2C1)c1cccc(F)c1. The normalized spacial score (nSPS) is 31.8. The van der Waals surface area contributed by atoms with Gasteiger partial charge in [-0.1, -0.05) is 6.07 Å². The average Bonchev–Trinajstić information content (AvgIpc) is 3.27. The van der Waals surface area contributed by atoms with Gasteiger partial charge in [-0.2, -0.15) is 0 Å². The van der Waals surface area contributed by atoms with Crippen LogP contribution in [0.3, 0.4) is 0 Å². The molecule has 0 spiro atoms. The van der Waals surface area contributed by atoms with Crippen LogP contribution in [0.2, 0.25) is 0 Å². The molecule has 1 N–H and O–H groups in total. The van der Waals surface area contributed by atoms with Gasteiger partial charge < -0.3 is 10.1 Å². The van der Waals surface area contributed by atoms with Crippen molar-refractivity contribution in [3.63, 3.8) is 0 Å². The Morgan fingerprint density at radius 2 is 2.18 bits per heavy atom. The highest BCUT2D eigenvalue weighted by molar-refractivity contribution is 5.94. The van der Waals surface area contributed by atoms with Crippen molar-refractivity contribution < 1.29 is 13.9 Å². The van der Waals surface area contributed by atoms with Gasteiger partial charge in [0.15, 0.2) is 0 Å². The Morgan fingerprint density at radius 1 is 1.32 bits per heavy atom. The molecule has 1 saturated carbocycles. The Kier molecular flexibility index (Phi) is 3.62. The minimum absolute atomic E-state index is 0.127. The maximum atomic E-state index is 13.2. The van der Waals surface area contributed by atoms with Gasteiger partial charge in [0.05, 0.1) is 12.7 Å². The minimum atomic E-state index is -0.378. The summed E-state index contributed by atoms with van der Waals surface area (Å²) in [5, 5.41) is 3.04. The fourth-order valence-electron chi connectivity index (χ4n) is 3.66. The molecule has 0 unspecified atom stereocenters. The van der Waals surface area contributed by atoms with Crippen molar-refractivity contribution in [2.24, 2.45) is 5.92 Å². The van der Waals surface area contributed by atoms with Crippen LogP contribution in [0.5, 0.6) is 0 Å². The highest BCUT2D eigenvalue weighted by Gasteiger charge is 2.42. The van der Waals surface area contributed by atoms with Crippen LogP contribution in [-0.4, -0.2) is 48.7 Å². The van der Waals surface area contributed by atoms with E-state index in [9.17, 15) is 9.18 Å². The van der Waals surface area contributed by atoms with Crippen molar-refractivity contribution in [3.8, 4) is 0 Å². The molecule has 22 heavy (non-hydrogen) atoms. The maximum Gasteiger partial charge on any atom is 0.251 e. The van der Waals surface area contributed by atoms with E-state index in [1.807, 2.05) is 0 Å². The molecule has 118 valence electrons. The number of nitrogens with zero attached hydrogens (tertiary/aromatic N) is 1. The molecule has 1 aromatic rings. The lowest BCUT2D eigenvalue weighted by molar-refractivity contribution is -0.0581. The predicted molar refractivity (Wildman–Crippen MR) is 80.1 cm³/mol. The van der Waals surface area contributed by atoms with Crippen LogP contribution in [0.25, 0.3) is 0 Å². The Bertz CT molecular complexity index is 576. The van der Waals surface area contributed by atoms with Crippen molar-refractivity contribution in [1.82, 2.24) is 10.2 Å². The van der Waals surface area contributed by atoms with E-state index in [-0.39, 0.29) is 17.8 Å². The number of rotatable bonds is 3. The van der Waals surface area contributed by atoms with Gasteiger partial charge in [0, 0.05) is 30.7 Å². The molecule has 4 nitrogen and oxygen atoms in total. The topological polar surface area (TPSA) is 41.6 Å². The maximum absolute atomic E-state index is 13.2. The Balaban J connectivity index is 1.35. The fraction of sp³-hybridized carbons (Fsp3) is 0.588. The molecule has 3 fully saturated rings. The zero-order valence-electron chi connectivity index (χ0n) is 12.5. The highest BCUT2D eigenvalue weighted by atomic mass is 19.1. The minimum Gasteiger partial charge on any atom is -0.375 e. The molecule has 0 bridgehead atoms. The summed E-state index contributed by atoms with van der Waals surface area (Å²) in [4.78, 5) is 14.7. The first-order valence-corrected chi connectivity index (χ1v) is 8.11. The lowest BCUT2D eigenvalue weighted by Gasteiger charge is -2.35. The standard InChI is InChI=1S/C17H21FN2O2/c18-13-3-1-2-12(6-13)17(21)19-14-7-15-10-22-16(11-4-5-11)9-20(15)8-14/h1-3,6,11,14-16H,4-5,7-10H2,(H,19,21)/t14-,15+,16-/m1/s1. The molecule has 0 aromatic heterocycles. The number of fused-ring (bicyclic) bond motifs is 1. The van der Waals surface area contributed by atoms with Crippen LogP contribution >= 0.6 is 0 Å². The van der Waals surface area contributed by atoms with Crippen molar-refractivity contribution in [2.75, 3.05) is 19.7 Å². The number of carbonyl (C=O) groups is 1. The largest absolute Gasteiger partial charge is 0.375 e. The molecule has 1 aromatic carbocycles. The van der Waals surface area contributed by atoms with Crippen molar-refractivity contribution in [1.29, 1.82) is 0 Å². The van der Waals surface area contributed by atoms with E-state index < -0.39 is 0 Å². The summed E-state index contributed by atoms with van der Waals surface area (Å²) >= 11 is 0. The van der Waals surface area contributed by atoms with Gasteiger partial charge in [0.2, 0.25) is 0 Å². The van der Waals surface area contributed by atoms with Gasteiger partial charge in [-0.25, -0.2) is 4.39 Å². The summed E-state index contributed by atoms with van der Waals surface area (Å²) in [7, 11) is 0. The second-order valence-corrected chi connectivity index (χ2v) is 6.73.